The van der Waals surface area contributed by atoms with Crippen molar-refractivity contribution in [2.45, 2.75) is 30.4 Å². The molecule has 0 unspecified atom stereocenters. The van der Waals surface area contributed by atoms with Crippen LogP contribution in [0.15, 0.2) is 26.7 Å². The Morgan fingerprint density at radius 2 is 2.00 bits per heavy atom. The number of sulfonamides is 1. The maximum atomic E-state index is 11.9. The van der Waals surface area contributed by atoms with Gasteiger partial charge >= 0.3 is 0 Å². The van der Waals surface area contributed by atoms with E-state index in [-0.39, 0.29) is 0 Å². The van der Waals surface area contributed by atoms with E-state index in [1.165, 1.54) is 24.2 Å². The van der Waals surface area contributed by atoms with E-state index < -0.39 is 10.0 Å². The van der Waals surface area contributed by atoms with E-state index >= 15 is 0 Å². The normalized spacial score (nSPS) is 12.4. The molecule has 0 amide bonds. The zero-order valence-electron chi connectivity index (χ0n) is 12.6. The number of hydrogen-bond acceptors (Lipinski definition) is 4. The molecule has 0 bridgehead atoms. The van der Waals surface area contributed by atoms with Gasteiger partial charge in [0, 0.05) is 26.7 Å². The molecule has 1 aromatic heterocycles. The molecule has 0 aliphatic carbocycles. The Morgan fingerprint density at radius 3 is 2.62 bits per heavy atom. The molecule has 6 nitrogen and oxygen atoms in total. The first-order valence-electron chi connectivity index (χ1n) is 7.08. The minimum absolute atomic E-state index is 0.315. The fourth-order valence-corrected chi connectivity index (χ4v) is 3.73. The van der Waals surface area contributed by atoms with E-state index in [1.54, 1.807) is 24.6 Å². The number of aliphatic imine (C=N–C) groups is 1. The first-order valence-corrected chi connectivity index (χ1v) is 9.44. The van der Waals surface area contributed by atoms with Crippen LogP contribution in [0.1, 0.15) is 26.2 Å². The monoisotopic (exact) mass is 332 g/mol. The molecule has 0 aliphatic rings. The van der Waals surface area contributed by atoms with E-state index in [0.29, 0.717) is 23.3 Å². The Bertz CT molecular complexity index is 512. The molecule has 21 heavy (non-hydrogen) atoms. The Hall–Kier alpha value is -1.12. The van der Waals surface area contributed by atoms with E-state index in [1.807, 2.05) is 0 Å². The van der Waals surface area contributed by atoms with Crippen LogP contribution in [-0.4, -0.2) is 41.1 Å². The molecule has 8 heteroatoms. The van der Waals surface area contributed by atoms with Crippen LogP contribution in [0.3, 0.4) is 0 Å². The van der Waals surface area contributed by atoms with E-state index in [0.717, 1.165) is 13.0 Å². The van der Waals surface area contributed by atoms with Crippen LogP contribution < -0.4 is 15.4 Å². The molecule has 0 fully saturated rings. The second kappa shape index (κ2) is 9.75. The minimum atomic E-state index is -3.38. The Labute approximate surface area is 131 Å². The summed E-state index contributed by atoms with van der Waals surface area (Å²) in [4.78, 5) is 4.09. The number of nitrogens with zero attached hydrogens (tertiary/aromatic N) is 1. The molecular weight excluding hydrogens is 308 g/mol. The SMILES string of the molecule is CCCCCNC(=NC)NCCNS(=O)(=O)c1cccs1. The smallest absolute Gasteiger partial charge is 0.250 e. The Morgan fingerprint density at radius 1 is 1.24 bits per heavy atom. The summed E-state index contributed by atoms with van der Waals surface area (Å²) in [5, 5.41) is 8.02. The fourth-order valence-electron chi connectivity index (χ4n) is 1.66. The maximum Gasteiger partial charge on any atom is 0.250 e. The van der Waals surface area contributed by atoms with Crippen molar-refractivity contribution < 1.29 is 8.42 Å². The molecule has 0 saturated heterocycles. The van der Waals surface area contributed by atoms with Gasteiger partial charge in [0.15, 0.2) is 5.96 Å². The lowest BCUT2D eigenvalue weighted by atomic mass is 10.2. The molecule has 0 spiro atoms. The van der Waals surface area contributed by atoms with Gasteiger partial charge in [0.1, 0.15) is 4.21 Å². The van der Waals surface area contributed by atoms with E-state index in [2.05, 4.69) is 27.3 Å². The molecule has 120 valence electrons. The highest BCUT2D eigenvalue weighted by Crippen LogP contribution is 2.14. The summed E-state index contributed by atoms with van der Waals surface area (Å²) in [6.45, 7) is 3.83. The summed E-state index contributed by atoms with van der Waals surface area (Å²) in [5.41, 5.74) is 0. The van der Waals surface area contributed by atoms with Crippen LogP contribution in [0.5, 0.6) is 0 Å². The summed E-state index contributed by atoms with van der Waals surface area (Å²) in [5.74, 6) is 0.696. The second-order valence-electron chi connectivity index (χ2n) is 4.46. The number of thiophene rings is 1. The fraction of sp³-hybridized carbons (Fsp3) is 0.615. The lowest BCUT2D eigenvalue weighted by Crippen LogP contribution is -2.41. The number of hydrogen-bond donors (Lipinski definition) is 3. The van der Waals surface area contributed by atoms with E-state index in [9.17, 15) is 8.42 Å². The Balaban J connectivity index is 2.23. The molecule has 1 heterocycles. The summed E-state index contributed by atoms with van der Waals surface area (Å²) in [6.07, 6.45) is 3.46. The summed E-state index contributed by atoms with van der Waals surface area (Å²) in [6, 6.07) is 3.31. The number of rotatable bonds is 9. The van der Waals surface area contributed by atoms with Crippen molar-refractivity contribution in [3.8, 4) is 0 Å². The molecule has 0 aromatic carbocycles. The van der Waals surface area contributed by atoms with Crippen LogP contribution in [0.25, 0.3) is 0 Å². The van der Waals surface area contributed by atoms with Gasteiger partial charge < -0.3 is 10.6 Å². The van der Waals surface area contributed by atoms with Gasteiger partial charge in [0.05, 0.1) is 0 Å². The topological polar surface area (TPSA) is 82.6 Å². The molecule has 0 saturated carbocycles. The summed E-state index contributed by atoms with van der Waals surface area (Å²) < 4.78 is 26.6. The van der Waals surface area contributed by atoms with Crippen molar-refractivity contribution in [3.05, 3.63) is 17.5 Å². The zero-order valence-corrected chi connectivity index (χ0v) is 14.2. The highest BCUT2D eigenvalue weighted by molar-refractivity contribution is 7.91. The van der Waals surface area contributed by atoms with Crippen LogP contribution in [0.2, 0.25) is 0 Å². The highest BCUT2D eigenvalue weighted by atomic mass is 32.2. The zero-order chi connectivity index (χ0) is 15.6. The van der Waals surface area contributed by atoms with Crippen molar-refractivity contribution in [2.24, 2.45) is 4.99 Å². The molecule has 0 aliphatic heterocycles. The summed E-state index contributed by atoms with van der Waals surface area (Å²) in [7, 11) is -1.68. The van der Waals surface area contributed by atoms with Gasteiger partial charge in [-0.25, -0.2) is 13.1 Å². The van der Waals surface area contributed by atoms with Crippen molar-refractivity contribution in [1.29, 1.82) is 0 Å². The summed E-state index contributed by atoms with van der Waals surface area (Å²) >= 11 is 1.21. The van der Waals surface area contributed by atoms with Crippen molar-refractivity contribution in [2.75, 3.05) is 26.7 Å². The lowest BCUT2D eigenvalue weighted by Gasteiger charge is -2.12. The molecular formula is C13H24N4O2S2. The predicted octanol–water partition coefficient (Wildman–Crippen LogP) is 1.38. The quantitative estimate of drug-likeness (QED) is 0.362. The maximum absolute atomic E-state index is 11.9. The highest BCUT2D eigenvalue weighted by Gasteiger charge is 2.13. The third-order valence-electron chi connectivity index (χ3n) is 2.77. The molecule has 1 rings (SSSR count). The van der Waals surface area contributed by atoms with Crippen molar-refractivity contribution in [1.82, 2.24) is 15.4 Å². The lowest BCUT2D eigenvalue weighted by molar-refractivity contribution is 0.582. The number of nitrogens with one attached hydrogen (secondary N) is 3. The first-order chi connectivity index (χ1) is 10.1. The van der Waals surface area contributed by atoms with Gasteiger partial charge in [-0.2, -0.15) is 0 Å². The van der Waals surface area contributed by atoms with Crippen LogP contribution >= 0.6 is 11.3 Å². The molecule has 1 aromatic rings. The Kier molecular flexibility index (Phi) is 8.33. The van der Waals surface area contributed by atoms with Crippen LogP contribution in [-0.2, 0) is 10.0 Å². The van der Waals surface area contributed by atoms with Gasteiger partial charge in [-0.15, -0.1) is 11.3 Å². The third kappa shape index (κ3) is 6.92. The standard InChI is InChI=1S/C13H24N4O2S2/c1-3-4-5-8-15-13(14-2)16-9-10-17-21(18,19)12-7-6-11-20-12/h6-7,11,17H,3-5,8-10H2,1-2H3,(H2,14,15,16). The number of unbranched alkanes of at least 4 members (excludes halogenated alkanes) is 2. The van der Waals surface area contributed by atoms with Gasteiger partial charge in [-0.1, -0.05) is 25.8 Å². The molecule has 3 N–H and O–H groups in total. The largest absolute Gasteiger partial charge is 0.356 e. The minimum Gasteiger partial charge on any atom is -0.356 e. The number of guanidine groups is 1. The third-order valence-corrected chi connectivity index (χ3v) is 5.62. The molecule has 0 radical (unpaired) electrons. The van der Waals surface area contributed by atoms with Crippen LogP contribution in [0, 0.1) is 0 Å². The van der Waals surface area contributed by atoms with Crippen molar-refractivity contribution in [3.63, 3.8) is 0 Å². The predicted molar refractivity (Wildman–Crippen MR) is 88.4 cm³/mol. The van der Waals surface area contributed by atoms with Gasteiger partial charge in [-0.05, 0) is 17.9 Å². The van der Waals surface area contributed by atoms with Crippen molar-refractivity contribution >= 4 is 27.3 Å². The van der Waals surface area contributed by atoms with Gasteiger partial charge in [0.25, 0.3) is 0 Å². The van der Waals surface area contributed by atoms with Gasteiger partial charge in [0.2, 0.25) is 10.0 Å². The van der Waals surface area contributed by atoms with Crippen LogP contribution in [0.4, 0.5) is 0 Å². The average molecular weight is 332 g/mol. The first kappa shape index (κ1) is 17.9. The van der Waals surface area contributed by atoms with Gasteiger partial charge in [-0.3, -0.25) is 4.99 Å². The van der Waals surface area contributed by atoms with E-state index in [4.69, 9.17) is 0 Å². The molecule has 0 atom stereocenters. The second-order valence-corrected chi connectivity index (χ2v) is 7.40. The average Bonchev–Trinajstić information content (AvgIpc) is 3.00.